The predicted octanol–water partition coefficient (Wildman–Crippen LogP) is 7.63. The highest BCUT2D eigenvalue weighted by molar-refractivity contribution is 6.30. The number of hydrogen-bond donors (Lipinski definition) is 0. The zero-order valence-corrected chi connectivity index (χ0v) is 16.9. The molecule has 0 heterocycles. The van der Waals surface area contributed by atoms with Crippen LogP contribution in [0.1, 0.15) is 11.1 Å². The van der Waals surface area contributed by atoms with Crippen molar-refractivity contribution in [3.63, 3.8) is 0 Å². The van der Waals surface area contributed by atoms with E-state index in [0.29, 0.717) is 22.2 Å². The van der Waals surface area contributed by atoms with Crippen molar-refractivity contribution in [3.8, 4) is 11.5 Å². The molecule has 3 nitrogen and oxygen atoms in total. The monoisotopic (exact) mass is 410 g/mol. The van der Waals surface area contributed by atoms with E-state index in [-0.39, 0.29) is 0 Å². The molecule has 0 aliphatic rings. The number of hydrogen-bond acceptors (Lipinski definition) is 3. The molecule has 0 amide bonds. The van der Waals surface area contributed by atoms with Crippen molar-refractivity contribution in [1.29, 1.82) is 0 Å². The van der Waals surface area contributed by atoms with Gasteiger partial charge in [-0.05, 0) is 53.6 Å². The van der Waals surface area contributed by atoms with Gasteiger partial charge in [-0.2, -0.15) is 0 Å². The predicted molar refractivity (Wildman–Crippen MR) is 125 cm³/mol. The van der Waals surface area contributed by atoms with E-state index in [2.05, 4.69) is 9.98 Å². The molecule has 0 atom stereocenters. The largest absolute Gasteiger partial charge is 0.455 e. The van der Waals surface area contributed by atoms with Crippen LogP contribution in [0.4, 0.5) is 11.4 Å². The lowest BCUT2D eigenvalue weighted by atomic mass is 10.2. The Morgan fingerprint density at radius 2 is 1.23 bits per heavy atom. The summed E-state index contributed by atoms with van der Waals surface area (Å²) < 4.78 is 6.05. The van der Waals surface area contributed by atoms with Gasteiger partial charge in [-0.25, -0.2) is 0 Å². The molecule has 0 radical (unpaired) electrons. The average molecular weight is 411 g/mol. The molecule has 4 aromatic rings. The number of aliphatic imine (C=N–C) groups is 2. The second-order valence-electron chi connectivity index (χ2n) is 6.55. The third kappa shape index (κ3) is 5.43. The number of nitrogens with zero attached hydrogens (tertiary/aromatic N) is 2. The summed E-state index contributed by atoms with van der Waals surface area (Å²) in [7, 11) is 0. The summed E-state index contributed by atoms with van der Waals surface area (Å²) in [4.78, 5) is 9.05. The summed E-state index contributed by atoms with van der Waals surface area (Å²) in [6.07, 6.45) is 3.63. The van der Waals surface area contributed by atoms with E-state index >= 15 is 0 Å². The second-order valence-corrected chi connectivity index (χ2v) is 6.98. The van der Waals surface area contributed by atoms with E-state index in [0.717, 1.165) is 16.8 Å². The maximum atomic E-state index is 6.16. The van der Waals surface area contributed by atoms with Crippen LogP contribution in [0.15, 0.2) is 113 Å². The van der Waals surface area contributed by atoms with Crippen molar-refractivity contribution in [2.45, 2.75) is 0 Å². The first-order chi connectivity index (χ1) is 14.8. The molecule has 0 N–H and O–H groups in total. The van der Waals surface area contributed by atoms with Crippen LogP contribution >= 0.6 is 11.6 Å². The van der Waals surface area contributed by atoms with Crippen LogP contribution < -0.4 is 4.74 Å². The smallest absolute Gasteiger partial charge is 0.153 e. The minimum Gasteiger partial charge on any atom is -0.455 e. The molecule has 0 aliphatic carbocycles. The summed E-state index contributed by atoms with van der Waals surface area (Å²) in [5.41, 5.74) is 3.58. The molecular formula is C26H19ClN2O. The molecule has 4 aromatic carbocycles. The van der Waals surface area contributed by atoms with Crippen LogP contribution in [0.25, 0.3) is 0 Å². The molecular weight excluding hydrogens is 392 g/mol. The van der Waals surface area contributed by atoms with Crippen LogP contribution in [0.2, 0.25) is 5.02 Å². The number of benzene rings is 4. The first-order valence-corrected chi connectivity index (χ1v) is 9.90. The Bertz CT molecular complexity index is 1150. The molecule has 146 valence electrons. The summed E-state index contributed by atoms with van der Waals surface area (Å²) in [6, 6.07) is 32.9. The van der Waals surface area contributed by atoms with E-state index in [1.807, 2.05) is 97.2 Å². The Morgan fingerprint density at radius 1 is 0.633 bits per heavy atom. The first kappa shape index (κ1) is 19.6. The van der Waals surface area contributed by atoms with E-state index in [1.54, 1.807) is 18.3 Å². The van der Waals surface area contributed by atoms with Crippen LogP contribution in [-0.4, -0.2) is 12.4 Å². The van der Waals surface area contributed by atoms with Gasteiger partial charge in [0.05, 0.1) is 5.69 Å². The van der Waals surface area contributed by atoms with Gasteiger partial charge in [-0.15, -0.1) is 0 Å². The molecule has 0 aliphatic heterocycles. The molecule has 0 spiro atoms. The van der Waals surface area contributed by atoms with E-state index in [9.17, 15) is 0 Å². The maximum absolute atomic E-state index is 6.16. The van der Waals surface area contributed by atoms with Gasteiger partial charge in [0.1, 0.15) is 11.4 Å². The lowest BCUT2D eigenvalue weighted by Crippen LogP contribution is -1.86. The van der Waals surface area contributed by atoms with Gasteiger partial charge >= 0.3 is 0 Å². The minimum absolute atomic E-state index is 0.605. The van der Waals surface area contributed by atoms with Gasteiger partial charge in [-0.3, -0.25) is 9.98 Å². The summed E-state index contributed by atoms with van der Waals surface area (Å²) in [5.74, 6) is 1.33. The van der Waals surface area contributed by atoms with Crippen molar-refractivity contribution in [1.82, 2.24) is 0 Å². The third-order valence-electron chi connectivity index (χ3n) is 4.30. The lowest BCUT2D eigenvalue weighted by molar-refractivity contribution is 0.484. The van der Waals surface area contributed by atoms with Gasteiger partial charge in [0, 0.05) is 17.5 Å². The second kappa shape index (κ2) is 9.68. The maximum Gasteiger partial charge on any atom is 0.153 e. The topological polar surface area (TPSA) is 34.0 Å². The Kier molecular flexibility index (Phi) is 6.33. The lowest BCUT2D eigenvalue weighted by Gasteiger charge is -2.09. The summed E-state index contributed by atoms with van der Waals surface area (Å²) in [6.45, 7) is 0. The van der Waals surface area contributed by atoms with Crippen molar-refractivity contribution in [2.24, 2.45) is 9.98 Å². The highest BCUT2D eigenvalue weighted by Gasteiger charge is 2.05. The molecule has 30 heavy (non-hydrogen) atoms. The molecule has 4 rings (SSSR count). The highest BCUT2D eigenvalue weighted by Crippen LogP contribution is 2.34. The average Bonchev–Trinajstić information content (AvgIpc) is 2.80. The minimum atomic E-state index is 0.605. The van der Waals surface area contributed by atoms with E-state index in [4.69, 9.17) is 16.3 Å². The molecule has 0 aromatic heterocycles. The van der Waals surface area contributed by atoms with Crippen LogP contribution in [-0.2, 0) is 0 Å². The number of halogens is 1. The zero-order chi connectivity index (χ0) is 20.6. The normalized spacial score (nSPS) is 11.2. The molecule has 0 saturated carbocycles. The quantitative estimate of drug-likeness (QED) is 0.301. The molecule has 0 fully saturated rings. The van der Waals surface area contributed by atoms with E-state index in [1.165, 1.54) is 0 Å². The van der Waals surface area contributed by atoms with Crippen molar-refractivity contribution in [2.75, 3.05) is 0 Å². The van der Waals surface area contributed by atoms with Crippen molar-refractivity contribution < 1.29 is 4.74 Å². The molecule has 4 heteroatoms. The zero-order valence-electron chi connectivity index (χ0n) is 16.2. The van der Waals surface area contributed by atoms with Crippen LogP contribution in [0.3, 0.4) is 0 Å². The van der Waals surface area contributed by atoms with Crippen LogP contribution in [0.5, 0.6) is 11.5 Å². The van der Waals surface area contributed by atoms with E-state index < -0.39 is 0 Å². The Morgan fingerprint density at radius 3 is 1.87 bits per heavy atom. The van der Waals surface area contributed by atoms with Gasteiger partial charge in [0.15, 0.2) is 5.75 Å². The first-order valence-electron chi connectivity index (χ1n) is 9.52. The number of ether oxygens (including phenoxy) is 1. The Balaban J connectivity index is 1.50. The van der Waals surface area contributed by atoms with Crippen molar-refractivity contribution in [3.05, 3.63) is 119 Å². The molecule has 0 unspecified atom stereocenters. The van der Waals surface area contributed by atoms with Gasteiger partial charge in [0.2, 0.25) is 0 Å². The fourth-order valence-corrected chi connectivity index (χ4v) is 2.94. The highest BCUT2D eigenvalue weighted by atomic mass is 35.5. The van der Waals surface area contributed by atoms with Crippen LogP contribution in [0, 0.1) is 0 Å². The Labute approximate surface area is 181 Å². The fourth-order valence-electron chi connectivity index (χ4n) is 2.78. The van der Waals surface area contributed by atoms with Crippen molar-refractivity contribution >= 4 is 35.4 Å². The standard InChI is InChI=1S/C26H19ClN2O/c27-22-11-16-26(25(17-22)29-19-21-9-5-2-6-10-21)30-24-14-12-23(13-15-24)28-18-20-7-3-1-4-8-20/h1-19H. The summed E-state index contributed by atoms with van der Waals surface area (Å²) >= 11 is 6.16. The Hall–Kier alpha value is -3.69. The third-order valence-corrected chi connectivity index (χ3v) is 4.54. The fraction of sp³-hybridized carbons (Fsp3) is 0. The summed E-state index contributed by atoms with van der Waals surface area (Å²) in [5, 5.41) is 0.605. The SMILES string of the molecule is Clc1ccc(Oc2ccc(N=Cc3ccccc3)cc2)c(N=Cc2ccccc2)c1. The molecule has 0 saturated heterocycles. The van der Waals surface area contributed by atoms with Gasteiger partial charge < -0.3 is 4.74 Å². The number of rotatable bonds is 6. The molecule has 0 bridgehead atoms. The van der Waals surface area contributed by atoms with Gasteiger partial charge in [-0.1, -0.05) is 72.3 Å². The van der Waals surface area contributed by atoms with Gasteiger partial charge in [0.25, 0.3) is 0 Å².